The van der Waals surface area contributed by atoms with Crippen LogP contribution in [0.4, 0.5) is 22.3 Å². The summed E-state index contributed by atoms with van der Waals surface area (Å²) in [4.78, 5) is 0. The van der Waals surface area contributed by atoms with E-state index in [-0.39, 0.29) is 11.6 Å². The average Bonchev–Trinajstić information content (AvgIpc) is 1.25. The van der Waals surface area contributed by atoms with Gasteiger partial charge >= 0.3 is 6.18 Å². The molecule has 0 rings (SSSR count). The Morgan fingerprint density at radius 1 is 1.11 bits per heavy atom. The first-order valence-corrected chi connectivity index (χ1v) is 2.07. The van der Waals surface area contributed by atoms with Crippen molar-refractivity contribution in [3.63, 3.8) is 0 Å². The molecule has 0 nitrogen and oxygen atoms in total. The van der Waals surface area contributed by atoms with Crippen molar-refractivity contribution in [2.75, 3.05) is 0 Å². The molecule has 0 aromatic heterocycles. The second-order valence-electron chi connectivity index (χ2n) is 1.39. The summed E-state index contributed by atoms with van der Waals surface area (Å²) in [7, 11) is 0. The Morgan fingerprint density at radius 2 is 1.22 bits per heavy atom. The third-order valence-electron chi connectivity index (χ3n) is 0.498. The molecule has 0 radical (unpaired) electrons. The molecule has 0 aliphatic carbocycles. The lowest BCUT2D eigenvalue weighted by atomic mass is 10.4. The van der Waals surface area contributed by atoms with Crippen LogP contribution in [0.15, 0.2) is 0 Å². The maximum atomic E-state index is 11.5. The van der Waals surface area contributed by atoms with Crippen LogP contribution in [0.25, 0.3) is 0 Å². The molecule has 0 spiro atoms. The van der Waals surface area contributed by atoms with E-state index in [1.54, 1.807) is 0 Å². The molecule has 0 bridgehead atoms. The molecule has 0 saturated heterocycles. The van der Waals surface area contributed by atoms with Gasteiger partial charge in [-0.05, 0) is 6.92 Å². The van der Waals surface area contributed by atoms with Gasteiger partial charge in [-0.3, -0.25) is 4.70 Å². The van der Waals surface area contributed by atoms with Gasteiger partial charge < -0.3 is 0 Å². The molecular weight excluding hydrogens is 166 g/mol. The van der Waals surface area contributed by atoms with E-state index in [9.17, 15) is 17.6 Å². The minimum absolute atomic E-state index is 0. The summed E-state index contributed by atoms with van der Waals surface area (Å²) < 4.78 is 44.7. The van der Waals surface area contributed by atoms with Gasteiger partial charge in [-0.1, -0.05) is 11.6 Å². The Bertz CT molecular complexity index is 67.2. The lowest BCUT2D eigenvalue weighted by molar-refractivity contribution is -0.192. The van der Waals surface area contributed by atoms with Gasteiger partial charge in [0.25, 0.3) is 5.13 Å². The molecule has 58 valence electrons. The lowest BCUT2D eigenvalue weighted by Crippen LogP contribution is -2.31. The van der Waals surface area contributed by atoms with Crippen molar-refractivity contribution in [1.29, 1.82) is 0 Å². The highest BCUT2D eigenvalue weighted by atomic mass is 35.5. The van der Waals surface area contributed by atoms with E-state index in [1.807, 2.05) is 0 Å². The van der Waals surface area contributed by atoms with Gasteiger partial charge in [0.1, 0.15) is 0 Å². The van der Waals surface area contributed by atoms with Crippen molar-refractivity contribution in [3.8, 4) is 0 Å². The van der Waals surface area contributed by atoms with Gasteiger partial charge in [0.05, 0.1) is 0 Å². The molecule has 0 aromatic carbocycles. The van der Waals surface area contributed by atoms with Crippen molar-refractivity contribution >= 4 is 11.6 Å². The Balaban J connectivity index is 0. The zero-order chi connectivity index (χ0) is 7.00. The van der Waals surface area contributed by atoms with Crippen LogP contribution >= 0.6 is 11.6 Å². The van der Waals surface area contributed by atoms with Gasteiger partial charge in [0, 0.05) is 0 Å². The van der Waals surface area contributed by atoms with Crippen LogP contribution in [0, 0.1) is 0 Å². The van der Waals surface area contributed by atoms with Crippen molar-refractivity contribution in [2.24, 2.45) is 0 Å². The zero-order valence-electron chi connectivity index (χ0n) is 4.30. The van der Waals surface area contributed by atoms with Crippen molar-refractivity contribution in [2.45, 2.75) is 18.2 Å². The second-order valence-corrected chi connectivity index (χ2v) is 2.10. The monoisotopic (exact) mass is 170 g/mol. The van der Waals surface area contributed by atoms with Gasteiger partial charge in [-0.15, -0.1) is 0 Å². The standard InChI is InChI=1S/C3H3ClF4.FH/c1-2(4,5)3(6,7)8;/h1H3;1H. The normalized spacial score (nSPS) is 18.0. The molecule has 0 aromatic rings. The summed E-state index contributed by atoms with van der Waals surface area (Å²) in [6.07, 6.45) is -4.96. The molecule has 6 heteroatoms. The summed E-state index contributed by atoms with van der Waals surface area (Å²) in [5, 5.41) is -3.59. The van der Waals surface area contributed by atoms with Crippen molar-refractivity contribution in [3.05, 3.63) is 0 Å². The minimum atomic E-state index is -4.96. The van der Waals surface area contributed by atoms with E-state index < -0.39 is 11.3 Å². The molecule has 0 N–H and O–H groups in total. The van der Waals surface area contributed by atoms with E-state index in [0.29, 0.717) is 0 Å². The van der Waals surface area contributed by atoms with Crippen LogP contribution in [-0.4, -0.2) is 11.3 Å². The van der Waals surface area contributed by atoms with Gasteiger partial charge in [-0.2, -0.15) is 13.2 Å². The number of halogens is 6. The highest BCUT2D eigenvalue weighted by Gasteiger charge is 2.50. The predicted octanol–water partition coefficient (Wildman–Crippen LogP) is 2.63. The third kappa shape index (κ3) is 3.51. The fourth-order valence-corrected chi connectivity index (χ4v) is 0. The SMILES string of the molecule is CC(F)(Cl)C(F)(F)F.F. The maximum Gasteiger partial charge on any atom is 0.436 e. The largest absolute Gasteiger partial charge is 0.436 e. The summed E-state index contributed by atoms with van der Waals surface area (Å²) in [5.74, 6) is 0. The molecular formula is C3H4ClF5. The van der Waals surface area contributed by atoms with Gasteiger partial charge in [0.2, 0.25) is 0 Å². The molecule has 9 heavy (non-hydrogen) atoms. The number of hydrogen-bond donors (Lipinski definition) is 0. The molecule has 0 saturated carbocycles. The zero-order valence-corrected chi connectivity index (χ0v) is 5.05. The molecule has 1 atom stereocenters. The third-order valence-corrected chi connectivity index (χ3v) is 0.712. The van der Waals surface area contributed by atoms with Crippen molar-refractivity contribution < 1.29 is 22.3 Å². The van der Waals surface area contributed by atoms with Crippen molar-refractivity contribution in [1.82, 2.24) is 0 Å². The Morgan fingerprint density at radius 3 is 1.22 bits per heavy atom. The lowest BCUT2D eigenvalue weighted by Gasteiger charge is -2.14. The van der Waals surface area contributed by atoms with E-state index in [0.717, 1.165) is 0 Å². The topological polar surface area (TPSA) is 0 Å². The fourth-order valence-electron chi connectivity index (χ4n) is 0. The first-order valence-electron chi connectivity index (χ1n) is 1.69. The first kappa shape index (κ1) is 11.7. The fraction of sp³-hybridized carbons (Fsp3) is 1.00. The molecule has 1 unspecified atom stereocenters. The smallest absolute Gasteiger partial charge is 0.269 e. The number of hydrogen-bond acceptors (Lipinski definition) is 0. The quantitative estimate of drug-likeness (QED) is 0.387. The second kappa shape index (κ2) is 2.68. The number of rotatable bonds is 0. The highest BCUT2D eigenvalue weighted by Crippen LogP contribution is 2.36. The van der Waals surface area contributed by atoms with Crippen LogP contribution in [0.2, 0.25) is 0 Å². The molecule has 0 heterocycles. The van der Waals surface area contributed by atoms with E-state index in [1.165, 1.54) is 0 Å². The molecule has 0 amide bonds. The van der Waals surface area contributed by atoms with E-state index in [2.05, 4.69) is 11.6 Å². The van der Waals surface area contributed by atoms with Crippen LogP contribution in [0.5, 0.6) is 0 Å². The predicted molar refractivity (Wildman–Crippen MR) is 23.9 cm³/mol. The first-order chi connectivity index (χ1) is 3.25. The Hall–Kier alpha value is -0.0600. The summed E-state index contributed by atoms with van der Waals surface area (Å²) in [6, 6.07) is 0. The van der Waals surface area contributed by atoms with Crippen LogP contribution in [0.3, 0.4) is 0 Å². The summed E-state index contributed by atoms with van der Waals surface area (Å²) in [5.41, 5.74) is 0. The highest BCUT2D eigenvalue weighted by molar-refractivity contribution is 6.23. The number of alkyl halides is 5. The molecule has 0 aliphatic heterocycles. The summed E-state index contributed by atoms with van der Waals surface area (Å²) in [6.45, 7) is 0.245. The Kier molecular flexibility index (Phi) is 3.49. The maximum absolute atomic E-state index is 11.5. The van der Waals surface area contributed by atoms with Crippen LogP contribution < -0.4 is 0 Å². The van der Waals surface area contributed by atoms with Crippen LogP contribution in [0.1, 0.15) is 6.92 Å². The van der Waals surface area contributed by atoms with E-state index in [4.69, 9.17) is 0 Å². The van der Waals surface area contributed by atoms with Gasteiger partial charge in [-0.25, -0.2) is 4.39 Å². The van der Waals surface area contributed by atoms with Gasteiger partial charge in [0.15, 0.2) is 0 Å². The average molecular weight is 171 g/mol. The molecule has 0 aliphatic rings. The minimum Gasteiger partial charge on any atom is -0.269 e. The van der Waals surface area contributed by atoms with Crippen LogP contribution in [-0.2, 0) is 0 Å². The molecule has 0 fully saturated rings. The van der Waals surface area contributed by atoms with E-state index >= 15 is 0 Å². The Labute approximate surface area is 53.2 Å². The summed E-state index contributed by atoms with van der Waals surface area (Å²) >= 11 is 4.22.